The Labute approximate surface area is 270 Å². The van der Waals surface area contributed by atoms with Crippen LogP contribution in [-0.2, 0) is 29.3 Å². The van der Waals surface area contributed by atoms with E-state index in [0.717, 1.165) is 35.9 Å². The number of rotatable bonds is 12. The van der Waals surface area contributed by atoms with Crippen molar-refractivity contribution < 1.29 is 13.9 Å². The molecular formula is C32H45FN10O2Si. The summed E-state index contributed by atoms with van der Waals surface area (Å²) in [6.45, 7) is 12.2. The van der Waals surface area contributed by atoms with Crippen LogP contribution in [-0.4, -0.2) is 68.9 Å². The van der Waals surface area contributed by atoms with Crippen molar-refractivity contribution in [2.24, 2.45) is 10.7 Å². The molecule has 0 saturated heterocycles. The van der Waals surface area contributed by atoms with E-state index in [1.54, 1.807) is 28.9 Å². The number of benzene rings is 1. The molecule has 2 aliphatic rings. The highest BCUT2D eigenvalue weighted by Crippen LogP contribution is 2.42. The molecule has 1 aliphatic carbocycles. The second kappa shape index (κ2) is 12.0. The van der Waals surface area contributed by atoms with E-state index < -0.39 is 25.2 Å². The lowest BCUT2D eigenvalue weighted by molar-refractivity contribution is 0.0881. The topological polar surface area (TPSA) is 126 Å². The molecule has 246 valence electrons. The molecule has 14 heteroatoms. The van der Waals surface area contributed by atoms with Gasteiger partial charge in [0.25, 0.3) is 0 Å². The summed E-state index contributed by atoms with van der Waals surface area (Å²) < 4.78 is 31.0. The second-order valence-electron chi connectivity index (χ2n) is 14.0. The van der Waals surface area contributed by atoms with Gasteiger partial charge in [0, 0.05) is 34.5 Å². The molecular weight excluding hydrogens is 604 g/mol. The van der Waals surface area contributed by atoms with Crippen molar-refractivity contribution in [3.63, 3.8) is 0 Å². The summed E-state index contributed by atoms with van der Waals surface area (Å²) in [4.78, 5) is 8.65. The normalized spacial score (nSPS) is 18.2. The predicted octanol–water partition coefficient (Wildman–Crippen LogP) is 4.93. The van der Waals surface area contributed by atoms with Crippen molar-refractivity contribution in [2.75, 3.05) is 26.1 Å². The minimum Gasteiger partial charge on any atom is -0.497 e. The number of halogens is 1. The van der Waals surface area contributed by atoms with Crippen LogP contribution in [0.15, 0.2) is 53.9 Å². The first-order valence-electron chi connectivity index (χ1n) is 15.7. The molecule has 3 aromatic heterocycles. The van der Waals surface area contributed by atoms with E-state index in [2.05, 4.69) is 35.2 Å². The third-order valence-electron chi connectivity index (χ3n) is 8.58. The van der Waals surface area contributed by atoms with Crippen molar-refractivity contribution in [3.05, 3.63) is 77.3 Å². The highest BCUT2D eigenvalue weighted by Gasteiger charge is 2.44. The van der Waals surface area contributed by atoms with Gasteiger partial charge in [0.1, 0.15) is 35.4 Å². The number of nitrogens with two attached hydrogens (primary N) is 1. The van der Waals surface area contributed by atoms with E-state index in [1.165, 1.54) is 6.20 Å². The Bertz CT molecular complexity index is 1700. The molecule has 1 saturated carbocycles. The standard InChI is InChI=1S/C32H45FN10O2Si/c1-31(2,43-35-14-15-36-43)26-18-27(42(39-26)23-10-11-23)32(34)37-29(40(3)19-22-8-12-24(44-4)13-9-22)28-25(33)20-41(30(28)38-32)21-45-16-17-46(5,6)7/h8-9,12-15,18,20,23,38H,10-11,16-17,19,21,34H2,1-7H3. The van der Waals surface area contributed by atoms with Crippen LogP contribution in [0.25, 0.3) is 0 Å². The number of nitrogens with one attached hydrogen (secondary N) is 1. The smallest absolute Gasteiger partial charge is 0.229 e. The van der Waals surface area contributed by atoms with Gasteiger partial charge in [-0.1, -0.05) is 31.8 Å². The number of hydrogen-bond acceptors (Lipinski definition) is 9. The van der Waals surface area contributed by atoms with Crippen molar-refractivity contribution >= 4 is 19.7 Å². The Hall–Kier alpha value is -4.01. The van der Waals surface area contributed by atoms with Crippen molar-refractivity contribution in [3.8, 4) is 5.75 Å². The molecule has 1 aliphatic heterocycles. The summed E-state index contributed by atoms with van der Waals surface area (Å²) in [5.41, 5.74) is 9.42. The fourth-order valence-electron chi connectivity index (χ4n) is 5.60. The monoisotopic (exact) mass is 648 g/mol. The van der Waals surface area contributed by atoms with Crippen LogP contribution in [0.3, 0.4) is 0 Å². The lowest BCUT2D eigenvalue weighted by atomic mass is 10.0. The molecule has 1 fully saturated rings. The van der Waals surface area contributed by atoms with E-state index in [-0.39, 0.29) is 12.8 Å². The summed E-state index contributed by atoms with van der Waals surface area (Å²) in [6.07, 6.45) is 6.74. The number of methoxy groups -OCH3 is 1. The number of ether oxygens (including phenoxy) is 2. The van der Waals surface area contributed by atoms with Gasteiger partial charge in [0.2, 0.25) is 5.79 Å². The van der Waals surface area contributed by atoms with Gasteiger partial charge < -0.3 is 24.3 Å². The number of hydrogen-bond donors (Lipinski definition) is 2. The van der Waals surface area contributed by atoms with Crippen molar-refractivity contribution in [2.45, 2.75) is 83.0 Å². The van der Waals surface area contributed by atoms with Crippen LogP contribution in [0.1, 0.15) is 55.2 Å². The SMILES string of the molecule is COc1ccc(CN(C)C2=NC(N)(c3cc(C(C)(C)n4nccn4)nn3C3CC3)Nc3c2c(F)cn3COCC[Si](C)(C)C)cc1. The maximum Gasteiger partial charge on any atom is 0.229 e. The minimum absolute atomic E-state index is 0.181. The lowest BCUT2D eigenvalue weighted by Crippen LogP contribution is -2.50. The van der Waals surface area contributed by atoms with Gasteiger partial charge >= 0.3 is 0 Å². The van der Waals surface area contributed by atoms with Gasteiger partial charge in [-0.15, -0.1) is 0 Å². The molecule has 0 spiro atoms. The molecule has 1 unspecified atom stereocenters. The first-order valence-corrected chi connectivity index (χ1v) is 19.4. The van der Waals surface area contributed by atoms with Crippen LogP contribution in [0.5, 0.6) is 5.75 Å². The average molecular weight is 649 g/mol. The Balaban J connectivity index is 1.41. The van der Waals surface area contributed by atoms with E-state index in [0.29, 0.717) is 36.1 Å². The Morgan fingerprint density at radius 3 is 2.48 bits per heavy atom. The molecule has 0 radical (unpaired) electrons. The van der Waals surface area contributed by atoms with Crippen LogP contribution in [0.4, 0.5) is 10.2 Å². The number of anilines is 1. The summed E-state index contributed by atoms with van der Waals surface area (Å²) in [5, 5.41) is 17.2. The van der Waals surface area contributed by atoms with E-state index in [1.807, 2.05) is 60.8 Å². The molecule has 6 rings (SSSR count). The zero-order valence-corrected chi connectivity index (χ0v) is 28.8. The fourth-order valence-corrected chi connectivity index (χ4v) is 6.36. The maximum absolute atomic E-state index is 15.9. The number of nitrogens with zero attached hydrogens (tertiary/aromatic N) is 8. The molecule has 0 amide bonds. The van der Waals surface area contributed by atoms with E-state index >= 15 is 4.39 Å². The van der Waals surface area contributed by atoms with Crippen LogP contribution >= 0.6 is 0 Å². The van der Waals surface area contributed by atoms with E-state index in [4.69, 9.17) is 25.3 Å². The van der Waals surface area contributed by atoms with Gasteiger partial charge in [-0.2, -0.15) is 20.1 Å². The van der Waals surface area contributed by atoms with Gasteiger partial charge in [0.15, 0.2) is 5.82 Å². The predicted molar refractivity (Wildman–Crippen MR) is 178 cm³/mol. The molecule has 3 N–H and O–H groups in total. The third-order valence-corrected chi connectivity index (χ3v) is 10.3. The molecule has 1 atom stereocenters. The van der Waals surface area contributed by atoms with Gasteiger partial charge in [-0.3, -0.25) is 10.4 Å². The molecule has 1 aromatic carbocycles. The number of amidine groups is 1. The van der Waals surface area contributed by atoms with Crippen molar-refractivity contribution in [1.82, 2.24) is 34.2 Å². The fraction of sp³-hybridized carbons (Fsp3) is 0.500. The summed E-state index contributed by atoms with van der Waals surface area (Å²) in [6, 6.07) is 11.0. The number of aliphatic imine (C=N–C) groups is 1. The molecule has 4 aromatic rings. The lowest BCUT2D eigenvalue weighted by Gasteiger charge is -2.36. The van der Waals surface area contributed by atoms with E-state index in [9.17, 15) is 0 Å². The Kier molecular flexibility index (Phi) is 8.32. The Morgan fingerprint density at radius 1 is 1.15 bits per heavy atom. The molecule has 12 nitrogen and oxygen atoms in total. The maximum atomic E-state index is 15.9. The van der Waals surface area contributed by atoms with Gasteiger partial charge in [-0.05, 0) is 56.5 Å². The highest BCUT2D eigenvalue weighted by atomic mass is 28.3. The second-order valence-corrected chi connectivity index (χ2v) is 19.6. The first-order chi connectivity index (χ1) is 21.8. The van der Waals surface area contributed by atoms with Gasteiger partial charge in [-0.25, -0.2) is 9.38 Å². The van der Waals surface area contributed by atoms with Crippen LogP contribution in [0, 0.1) is 5.82 Å². The number of fused-ring (bicyclic) bond motifs is 1. The third kappa shape index (κ3) is 6.33. The summed E-state index contributed by atoms with van der Waals surface area (Å²) in [5.74, 6) is -0.149. The van der Waals surface area contributed by atoms with Crippen LogP contribution < -0.4 is 15.8 Å². The molecule has 46 heavy (non-hydrogen) atoms. The largest absolute Gasteiger partial charge is 0.497 e. The quantitative estimate of drug-likeness (QED) is 0.164. The summed E-state index contributed by atoms with van der Waals surface area (Å²) in [7, 11) is 2.24. The summed E-state index contributed by atoms with van der Waals surface area (Å²) >= 11 is 0. The molecule has 4 heterocycles. The zero-order chi connectivity index (χ0) is 32.9. The first kappa shape index (κ1) is 31.9. The van der Waals surface area contributed by atoms with Gasteiger partial charge in [0.05, 0.1) is 36.8 Å². The van der Waals surface area contributed by atoms with Crippen LogP contribution in [0.2, 0.25) is 25.7 Å². The highest BCUT2D eigenvalue weighted by molar-refractivity contribution is 6.76. The number of aromatic nitrogens is 6. The Morgan fingerprint density at radius 2 is 1.85 bits per heavy atom. The van der Waals surface area contributed by atoms with Crippen molar-refractivity contribution in [1.29, 1.82) is 0 Å². The minimum atomic E-state index is -1.46. The average Bonchev–Trinajstić information content (AvgIpc) is 3.38. The molecule has 0 bridgehead atoms. The zero-order valence-electron chi connectivity index (χ0n) is 27.8.